The SMILES string of the molecule is CCc1cnccc1C(Cc1cc(F)cc(F)c1)NC. The number of aryl methyl sites for hydroxylation is 1. The molecule has 1 aromatic carbocycles. The third-order valence-corrected chi connectivity index (χ3v) is 3.41. The van der Waals surface area contributed by atoms with Gasteiger partial charge in [0, 0.05) is 24.5 Å². The van der Waals surface area contributed by atoms with E-state index in [4.69, 9.17) is 0 Å². The molecule has 0 amide bonds. The predicted molar refractivity (Wildman–Crippen MR) is 75.5 cm³/mol. The lowest BCUT2D eigenvalue weighted by Gasteiger charge is -2.19. The Morgan fingerprint density at radius 3 is 2.50 bits per heavy atom. The lowest BCUT2D eigenvalue weighted by Crippen LogP contribution is -2.20. The van der Waals surface area contributed by atoms with Crippen LogP contribution in [0.5, 0.6) is 0 Å². The number of aromatic nitrogens is 1. The molecular weight excluding hydrogens is 258 g/mol. The molecule has 106 valence electrons. The zero-order chi connectivity index (χ0) is 14.5. The van der Waals surface area contributed by atoms with E-state index < -0.39 is 11.6 Å². The highest BCUT2D eigenvalue weighted by molar-refractivity contribution is 5.29. The van der Waals surface area contributed by atoms with Crippen molar-refractivity contribution in [1.29, 1.82) is 0 Å². The summed E-state index contributed by atoms with van der Waals surface area (Å²) in [4.78, 5) is 4.12. The lowest BCUT2D eigenvalue weighted by molar-refractivity contribution is 0.560. The third kappa shape index (κ3) is 3.39. The Morgan fingerprint density at radius 1 is 1.20 bits per heavy atom. The Morgan fingerprint density at radius 2 is 1.90 bits per heavy atom. The van der Waals surface area contributed by atoms with Crippen molar-refractivity contribution in [3.05, 3.63) is 65.0 Å². The van der Waals surface area contributed by atoms with Gasteiger partial charge in [0.25, 0.3) is 0 Å². The molecule has 0 aliphatic heterocycles. The Hall–Kier alpha value is -1.81. The van der Waals surface area contributed by atoms with Crippen LogP contribution in [-0.4, -0.2) is 12.0 Å². The van der Waals surface area contributed by atoms with Gasteiger partial charge in [-0.05, 0) is 54.8 Å². The van der Waals surface area contributed by atoms with Gasteiger partial charge in [0.05, 0.1) is 0 Å². The topological polar surface area (TPSA) is 24.9 Å². The molecule has 2 aromatic rings. The summed E-state index contributed by atoms with van der Waals surface area (Å²) in [7, 11) is 1.85. The molecule has 20 heavy (non-hydrogen) atoms. The van der Waals surface area contributed by atoms with Gasteiger partial charge in [-0.1, -0.05) is 6.92 Å². The van der Waals surface area contributed by atoms with E-state index in [0.29, 0.717) is 12.0 Å². The summed E-state index contributed by atoms with van der Waals surface area (Å²) in [5.41, 5.74) is 2.90. The Balaban J connectivity index is 2.28. The molecule has 1 atom stereocenters. The van der Waals surface area contributed by atoms with Gasteiger partial charge in [0.2, 0.25) is 0 Å². The molecule has 0 saturated heterocycles. The van der Waals surface area contributed by atoms with E-state index in [2.05, 4.69) is 17.2 Å². The Labute approximate surface area is 117 Å². The minimum atomic E-state index is -0.541. The number of nitrogens with zero attached hydrogens (tertiary/aromatic N) is 1. The quantitative estimate of drug-likeness (QED) is 0.905. The molecule has 2 nitrogen and oxygen atoms in total. The van der Waals surface area contributed by atoms with E-state index >= 15 is 0 Å². The van der Waals surface area contributed by atoms with Crippen LogP contribution in [0.15, 0.2) is 36.7 Å². The summed E-state index contributed by atoms with van der Waals surface area (Å²) in [6.07, 6.45) is 4.98. The highest BCUT2D eigenvalue weighted by atomic mass is 19.1. The zero-order valence-electron chi connectivity index (χ0n) is 11.7. The zero-order valence-corrected chi connectivity index (χ0v) is 11.7. The van der Waals surface area contributed by atoms with Gasteiger partial charge in [0.1, 0.15) is 11.6 Å². The minimum absolute atomic E-state index is 0.00847. The van der Waals surface area contributed by atoms with Gasteiger partial charge in [-0.25, -0.2) is 8.78 Å². The van der Waals surface area contributed by atoms with Crippen molar-refractivity contribution in [3.63, 3.8) is 0 Å². The van der Waals surface area contributed by atoms with E-state index in [9.17, 15) is 8.78 Å². The van der Waals surface area contributed by atoms with Crippen molar-refractivity contribution in [2.75, 3.05) is 7.05 Å². The summed E-state index contributed by atoms with van der Waals surface area (Å²) in [5, 5.41) is 3.21. The van der Waals surface area contributed by atoms with Crippen LogP contribution in [0.4, 0.5) is 8.78 Å². The molecule has 4 heteroatoms. The summed E-state index contributed by atoms with van der Waals surface area (Å²) in [6, 6.07) is 5.60. The minimum Gasteiger partial charge on any atom is -0.313 e. The van der Waals surface area contributed by atoms with Crippen molar-refractivity contribution in [3.8, 4) is 0 Å². The Bertz CT molecular complexity index is 564. The maximum Gasteiger partial charge on any atom is 0.126 e. The molecule has 0 fully saturated rings. The average molecular weight is 276 g/mol. The first-order chi connectivity index (χ1) is 9.63. The maximum absolute atomic E-state index is 13.3. The number of hydrogen-bond acceptors (Lipinski definition) is 2. The monoisotopic (exact) mass is 276 g/mol. The molecule has 0 spiro atoms. The first-order valence-corrected chi connectivity index (χ1v) is 6.69. The van der Waals surface area contributed by atoms with Crippen LogP contribution in [0.1, 0.15) is 29.7 Å². The van der Waals surface area contributed by atoms with Crippen molar-refractivity contribution >= 4 is 0 Å². The van der Waals surface area contributed by atoms with Crippen molar-refractivity contribution in [2.45, 2.75) is 25.8 Å². The molecule has 1 aromatic heterocycles. The molecule has 0 aliphatic rings. The predicted octanol–water partition coefficient (Wildman–Crippen LogP) is 3.43. The second kappa shape index (κ2) is 6.57. The van der Waals surface area contributed by atoms with Crippen molar-refractivity contribution in [2.24, 2.45) is 0 Å². The van der Waals surface area contributed by atoms with Crippen LogP contribution in [-0.2, 0) is 12.8 Å². The molecule has 1 N–H and O–H groups in total. The number of pyridine rings is 1. The normalized spacial score (nSPS) is 12.4. The van der Waals surface area contributed by atoms with Crippen LogP contribution in [0.25, 0.3) is 0 Å². The average Bonchev–Trinajstić information content (AvgIpc) is 2.43. The van der Waals surface area contributed by atoms with Gasteiger partial charge >= 0.3 is 0 Å². The second-order valence-electron chi connectivity index (χ2n) is 4.75. The lowest BCUT2D eigenvalue weighted by atomic mass is 9.95. The summed E-state index contributed by atoms with van der Waals surface area (Å²) in [6.45, 7) is 2.06. The summed E-state index contributed by atoms with van der Waals surface area (Å²) >= 11 is 0. The van der Waals surface area contributed by atoms with Crippen molar-refractivity contribution < 1.29 is 8.78 Å². The molecule has 0 bridgehead atoms. The molecule has 1 heterocycles. The summed E-state index contributed by atoms with van der Waals surface area (Å²) in [5.74, 6) is -1.08. The van der Waals surface area contributed by atoms with E-state index in [1.165, 1.54) is 12.1 Å². The van der Waals surface area contributed by atoms with Gasteiger partial charge in [0.15, 0.2) is 0 Å². The maximum atomic E-state index is 13.3. The first kappa shape index (κ1) is 14.6. The molecule has 2 rings (SSSR count). The highest BCUT2D eigenvalue weighted by Crippen LogP contribution is 2.22. The fraction of sp³-hybridized carbons (Fsp3) is 0.312. The molecule has 0 saturated carbocycles. The van der Waals surface area contributed by atoms with Crippen LogP contribution >= 0.6 is 0 Å². The highest BCUT2D eigenvalue weighted by Gasteiger charge is 2.14. The van der Waals surface area contributed by atoms with E-state index in [1.54, 1.807) is 6.20 Å². The second-order valence-corrected chi connectivity index (χ2v) is 4.75. The Kier molecular flexibility index (Phi) is 4.79. The van der Waals surface area contributed by atoms with E-state index in [0.717, 1.165) is 23.6 Å². The number of nitrogens with one attached hydrogen (secondary N) is 1. The number of likely N-dealkylation sites (N-methyl/N-ethyl adjacent to an activating group) is 1. The smallest absolute Gasteiger partial charge is 0.126 e. The van der Waals surface area contributed by atoms with Gasteiger partial charge in [-0.3, -0.25) is 4.98 Å². The van der Waals surface area contributed by atoms with Crippen LogP contribution in [0.3, 0.4) is 0 Å². The van der Waals surface area contributed by atoms with E-state index in [-0.39, 0.29) is 6.04 Å². The molecular formula is C16H18F2N2. The number of halogens is 2. The number of benzene rings is 1. The fourth-order valence-corrected chi connectivity index (χ4v) is 2.41. The van der Waals surface area contributed by atoms with Gasteiger partial charge in [-0.15, -0.1) is 0 Å². The van der Waals surface area contributed by atoms with Gasteiger partial charge < -0.3 is 5.32 Å². The number of hydrogen-bond donors (Lipinski definition) is 1. The van der Waals surface area contributed by atoms with Crippen LogP contribution in [0, 0.1) is 11.6 Å². The fourth-order valence-electron chi connectivity index (χ4n) is 2.41. The third-order valence-electron chi connectivity index (χ3n) is 3.41. The first-order valence-electron chi connectivity index (χ1n) is 6.69. The molecule has 1 unspecified atom stereocenters. The largest absolute Gasteiger partial charge is 0.313 e. The van der Waals surface area contributed by atoms with Gasteiger partial charge in [-0.2, -0.15) is 0 Å². The summed E-state index contributed by atoms with van der Waals surface area (Å²) < 4.78 is 26.5. The van der Waals surface area contributed by atoms with Crippen LogP contribution in [0.2, 0.25) is 0 Å². The standard InChI is InChI=1S/C16H18F2N2/c1-3-12-10-20-5-4-15(12)16(19-2)8-11-6-13(17)9-14(18)7-11/h4-7,9-10,16,19H,3,8H2,1-2H3. The van der Waals surface area contributed by atoms with E-state index in [1.807, 2.05) is 19.3 Å². The van der Waals surface area contributed by atoms with Crippen LogP contribution < -0.4 is 5.32 Å². The molecule has 0 aliphatic carbocycles. The van der Waals surface area contributed by atoms with Crippen molar-refractivity contribution in [1.82, 2.24) is 10.3 Å². The number of rotatable bonds is 5. The molecule has 0 radical (unpaired) electrons.